The molecule has 0 unspecified atom stereocenters. The molecule has 2 heterocycles. The lowest BCUT2D eigenvalue weighted by Crippen LogP contribution is -2.25. The van der Waals surface area contributed by atoms with E-state index in [4.69, 9.17) is 0 Å². The summed E-state index contributed by atoms with van der Waals surface area (Å²) in [5, 5.41) is 18.8. The van der Waals surface area contributed by atoms with Crippen LogP contribution in [0.5, 0.6) is 0 Å². The van der Waals surface area contributed by atoms with Gasteiger partial charge in [-0.1, -0.05) is 35.5 Å². The average molecular weight is 300 g/mol. The maximum atomic E-state index is 11.8. The zero-order valence-corrected chi connectivity index (χ0v) is 11.8. The number of nitrogens with one attached hydrogen (secondary N) is 2. The monoisotopic (exact) mass is 300 g/mol. The molecular weight excluding hydrogens is 288 g/mol. The number of hydrogen-bond acceptors (Lipinski definition) is 6. The molecule has 7 nitrogen and oxygen atoms in total. The number of aromatic nitrogens is 5. The van der Waals surface area contributed by atoms with E-state index in [1.165, 1.54) is 11.3 Å². The van der Waals surface area contributed by atoms with Crippen molar-refractivity contribution in [2.75, 3.05) is 0 Å². The van der Waals surface area contributed by atoms with Crippen LogP contribution in [0.2, 0.25) is 0 Å². The van der Waals surface area contributed by atoms with Gasteiger partial charge in [0, 0.05) is 10.9 Å². The van der Waals surface area contributed by atoms with Crippen LogP contribution >= 0.6 is 11.3 Å². The number of carbonyl (C=O) groups excluding carboxylic acids is 1. The standard InChI is InChI=1S/C13H12N6OS/c20-12(14-7-11-16-18-19-17-11)6-10-8-21-13(15-10)9-4-2-1-3-5-9/h1-5,8H,6-7H2,(H,14,20)(H,16,17,18,19). The Morgan fingerprint density at radius 2 is 2.14 bits per heavy atom. The van der Waals surface area contributed by atoms with E-state index >= 15 is 0 Å². The van der Waals surface area contributed by atoms with E-state index in [2.05, 4.69) is 30.9 Å². The fraction of sp³-hybridized carbons (Fsp3) is 0.154. The first-order valence-electron chi connectivity index (χ1n) is 6.30. The van der Waals surface area contributed by atoms with E-state index in [-0.39, 0.29) is 18.9 Å². The Balaban J connectivity index is 1.58. The molecule has 3 rings (SSSR count). The number of rotatable bonds is 5. The number of amides is 1. The smallest absolute Gasteiger partial charge is 0.226 e. The Hall–Kier alpha value is -2.61. The van der Waals surface area contributed by atoms with Crippen molar-refractivity contribution in [1.82, 2.24) is 30.9 Å². The molecule has 0 aliphatic heterocycles. The van der Waals surface area contributed by atoms with Gasteiger partial charge < -0.3 is 5.32 Å². The fourth-order valence-electron chi connectivity index (χ4n) is 1.76. The zero-order valence-electron chi connectivity index (χ0n) is 11.0. The molecule has 3 aromatic rings. The van der Waals surface area contributed by atoms with E-state index in [0.29, 0.717) is 5.82 Å². The normalized spacial score (nSPS) is 10.5. The van der Waals surface area contributed by atoms with Crippen molar-refractivity contribution in [2.45, 2.75) is 13.0 Å². The Morgan fingerprint density at radius 1 is 1.29 bits per heavy atom. The zero-order chi connectivity index (χ0) is 14.5. The Kier molecular flexibility index (Phi) is 3.97. The predicted molar refractivity (Wildman–Crippen MR) is 77.3 cm³/mol. The lowest BCUT2D eigenvalue weighted by atomic mass is 10.2. The van der Waals surface area contributed by atoms with Crippen LogP contribution in [0.1, 0.15) is 11.5 Å². The van der Waals surface area contributed by atoms with Crippen molar-refractivity contribution in [3.63, 3.8) is 0 Å². The largest absolute Gasteiger partial charge is 0.348 e. The van der Waals surface area contributed by atoms with Crippen LogP contribution in [-0.2, 0) is 17.8 Å². The molecule has 0 fully saturated rings. The topological polar surface area (TPSA) is 96.5 Å². The summed E-state index contributed by atoms with van der Waals surface area (Å²) >= 11 is 1.53. The van der Waals surface area contributed by atoms with Gasteiger partial charge in [0.2, 0.25) is 5.91 Å². The van der Waals surface area contributed by atoms with Crippen molar-refractivity contribution in [3.05, 3.63) is 47.2 Å². The minimum Gasteiger partial charge on any atom is -0.348 e. The summed E-state index contributed by atoms with van der Waals surface area (Å²) in [5.74, 6) is 0.330. The van der Waals surface area contributed by atoms with Crippen LogP contribution in [0.15, 0.2) is 35.7 Å². The van der Waals surface area contributed by atoms with Crippen LogP contribution in [0.25, 0.3) is 10.6 Å². The van der Waals surface area contributed by atoms with Gasteiger partial charge >= 0.3 is 0 Å². The van der Waals surface area contributed by atoms with Gasteiger partial charge in [0.1, 0.15) is 5.01 Å². The van der Waals surface area contributed by atoms with E-state index in [9.17, 15) is 4.79 Å². The third-order valence-corrected chi connectivity index (χ3v) is 3.69. The molecule has 1 aromatic carbocycles. The number of thiazole rings is 1. The quantitative estimate of drug-likeness (QED) is 0.737. The third kappa shape index (κ3) is 3.48. The van der Waals surface area contributed by atoms with Crippen molar-refractivity contribution in [1.29, 1.82) is 0 Å². The Bertz CT molecular complexity index is 709. The second-order valence-corrected chi connectivity index (χ2v) is 5.15. The maximum absolute atomic E-state index is 11.8. The molecule has 0 bridgehead atoms. The molecule has 0 radical (unpaired) electrons. The molecular formula is C13H12N6OS. The lowest BCUT2D eigenvalue weighted by molar-refractivity contribution is -0.120. The number of benzene rings is 1. The van der Waals surface area contributed by atoms with E-state index in [0.717, 1.165) is 16.3 Å². The fourth-order valence-corrected chi connectivity index (χ4v) is 2.59. The number of aromatic amines is 1. The summed E-state index contributed by atoms with van der Waals surface area (Å²) in [5.41, 5.74) is 1.81. The minimum atomic E-state index is -0.121. The van der Waals surface area contributed by atoms with Gasteiger partial charge in [-0.3, -0.25) is 4.79 Å². The summed E-state index contributed by atoms with van der Waals surface area (Å²) < 4.78 is 0. The molecule has 0 atom stereocenters. The van der Waals surface area contributed by atoms with E-state index in [1.807, 2.05) is 35.7 Å². The van der Waals surface area contributed by atoms with Gasteiger partial charge in [-0.25, -0.2) is 4.98 Å². The summed E-state index contributed by atoms with van der Waals surface area (Å²) in [6.07, 6.45) is 0.237. The summed E-state index contributed by atoms with van der Waals surface area (Å²) in [6, 6.07) is 9.89. The second kappa shape index (κ2) is 6.23. The molecule has 106 valence electrons. The van der Waals surface area contributed by atoms with Crippen LogP contribution < -0.4 is 5.32 Å². The summed E-state index contributed by atoms with van der Waals surface area (Å²) in [7, 11) is 0. The molecule has 8 heteroatoms. The van der Waals surface area contributed by atoms with Crippen LogP contribution in [0.3, 0.4) is 0 Å². The molecule has 0 saturated carbocycles. The van der Waals surface area contributed by atoms with Crippen LogP contribution in [0, 0.1) is 0 Å². The third-order valence-electron chi connectivity index (χ3n) is 2.75. The first kappa shape index (κ1) is 13.4. The molecule has 0 spiro atoms. The van der Waals surface area contributed by atoms with Gasteiger partial charge in [-0.15, -0.1) is 21.5 Å². The van der Waals surface area contributed by atoms with Crippen molar-refractivity contribution < 1.29 is 4.79 Å². The van der Waals surface area contributed by atoms with Gasteiger partial charge in [-0.05, 0) is 0 Å². The van der Waals surface area contributed by atoms with Gasteiger partial charge in [-0.2, -0.15) is 5.21 Å². The minimum absolute atomic E-state index is 0.121. The van der Waals surface area contributed by atoms with Gasteiger partial charge in [0.15, 0.2) is 5.82 Å². The molecule has 0 saturated heterocycles. The SMILES string of the molecule is O=C(Cc1csc(-c2ccccc2)n1)NCc1nn[nH]n1. The highest BCUT2D eigenvalue weighted by molar-refractivity contribution is 7.13. The van der Waals surface area contributed by atoms with E-state index in [1.54, 1.807) is 0 Å². The maximum Gasteiger partial charge on any atom is 0.226 e. The van der Waals surface area contributed by atoms with Gasteiger partial charge in [0.05, 0.1) is 18.7 Å². The molecule has 21 heavy (non-hydrogen) atoms. The van der Waals surface area contributed by atoms with E-state index < -0.39 is 0 Å². The first-order valence-corrected chi connectivity index (χ1v) is 7.18. The highest BCUT2D eigenvalue weighted by Crippen LogP contribution is 2.23. The Morgan fingerprint density at radius 3 is 2.90 bits per heavy atom. The van der Waals surface area contributed by atoms with Crippen LogP contribution in [-0.4, -0.2) is 31.5 Å². The molecule has 0 aliphatic rings. The lowest BCUT2D eigenvalue weighted by Gasteiger charge is -2.00. The van der Waals surface area contributed by atoms with Crippen molar-refractivity contribution in [2.24, 2.45) is 0 Å². The molecule has 2 N–H and O–H groups in total. The van der Waals surface area contributed by atoms with Crippen molar-refractivity contribution in [3.8, 4) is 10.6 Å². The second-order valence-electron chi connectivity index (χ2n) is 4.29. The van der Waals surface area contributed by atoms with Crippen LogP contribution in [0.4, 0.5) is 0 Å². The molecule has 2 aromatic heterocycles. The van der Waals surface area contributed by atoms with Gasteiger partial charge in [0.25, 0.3) is 0 Å². The number of nitrogens with zero attached hydrogens (tertiary/aromatic N) is 4. The Labute approximate surface area is 124 Å². The predicted octanol–water partition coefficient (Wildman–Crippen LogP) is 1.18. The summed E-state index contributed by atoms with van der Waals surface area (Å²) in [4.78, 5) is 16.3. The molecule has 1 amide bonds. The average Bonchev–Trinajstić information content (AvgIpc) is 3.17. The molecule has 0 aliphatic carbocycles. The summed E-state index contributed by atoms with van der Waals surface area (Å²) in [6.45, 7) is 0.255. The highest BCUT2D eigenvalue weighted by atomic mass is 32.1. The highest BCUT2D eigenvalue weighted by Gasteiger charge is 2.09. The number of H-pyrrole nitrogens is 1. The number of carbonyl (C=O) groups is 1. The number of tetrazole rings is 1. The van der Waals surface area contributed by atoms with Crippen molar-refractivity contribution >= 4 is 17.2 Å². The first-order chi connectivity index (χ1) is 10.3. The number of hydrogen-bond donors (Lipinski definition) is 2.